The summed E-state index contributed by atoms with van der Waals surface area (Å²) in [5.41, 5.74) is 6.90. The van der Waals surface area contributed by atoms with Crippen LogP contribution >= 0.6 is 0 Å². The average molecular weight is 212 g/mol. The third-order valence-corrected chi connectivity index (χ3v) is 1.36. The van der Waals surface area contributed by atoms with Crippen molar-refractivity contribution in [2.24, 2.45) is 11.5 Å². The van der Waals surface area contributed by atoms with E-state index in [4.69, 9.17) is 0 Å². The van der Waals surface area contributed by atoms with Gasteiger partial charge in [-0.3, -0.25) is 9.59 Å². The number of amides is 2. The van der Waals surface area contributed by atoms with Crippen molar-refractivity contribution < 1.29 is 54.2 Å². The van der Waals surface area contributed by atoms with Gasteiger partial charge in [0, 0.05) is 12.4 Å². The van der Waals surface area contributed by atoms with Gasteiger partial charge in [0.05, 0.1) is 6.42 Å². The Morgan fingerprint density at radius 1 is 1.21 bits per heavy atom. The molecule has 0 radical (unpaired) electrons. The van der Waals surface area contributed by atoms with Crippen LogP contribution in [-0.2, 0) is 14.4 Å². The monoisotopic (exact) mass is 212 g/mol. The van der Waals surface area contributed by atoms with Crippen molar-refractivity contribution in [3.05, 3.63) is 0 Å². The summed E-state index contributed by atoms with van der Waals surface area (Å²) >= 11 is 0. The standard InChI is InChI=1S/C6H10N2O5.Na/c7-3(9)1-6(13,5(8)12)2-4(10)11;/h13H,1-2H2,(H2,7,9)(H2,8,12)(H,10,11);/q;+1/p-1. The van der Waals surface area contributed by atoms with Crippen LogP contribution in [0, 0.1) is 0 Å². The molecule has 5 N–H and O–H groups in total. The largest absolute Gasteiger partial charge is 1.00 e. The second-order valence-electron chi connectivity index (χ2n) is 2.59. The Morgan fingerprint density at radius 2 is 1.64 bits per heavy atom. The van der Waals surface area contributed by atoms with E-state index < -0.39 is 36.2 Å². The van der Waals surface area contributed by atoms with Crippen LogP contribution in [0.25, 0.3) is 0 Å². The molecular weight excluding hydrogens is 203 g/mol. The molecule has 0 rings (SSSR count). The van der Waals surface area contributed by atoms with Crippen molar-refractivity contribution in [3.8, 4) is 0 Å². The maximum Gasteiger partial charge on any atom is 1.00 e. The van der Waals surface area contributed by atoms with Gasteiger partial charge >= 0.3 is 29.6 Å². The predicted molar refractivity (Wildman–Crippen MR) is 37.6 cm³/mol. The number of carboxylic acids is 1. The Balaban J connectivity index is 0. The molecule has 1 unspecified atom stereocenters. The van der Waals surface area contributed by atoms with E-state index in [-0.39, 0.29) is 29.6 Å². The van der Waals surface area contributed by atoms with Crippen molar-refractivity contribution in [3.63, 3.8) is 0 Å². The van der Waals surface area contributed by atoms with E-state index in [1.54, 1.807) is 0 Å². The second-order valence-corrected chi connectivity index (χ2v) is 2.59. The fourth-order valence-corrected chi connectivity index (χ4v) is 0.764. The summed E-state index contributed by atoms with van der Waals surface area (Å²) in [6, 6.07) is 0. The van der Waals surface area contributed by atoms with E-state index in [0.717, 1.165) is 0 Å². The molecule has 0 saturated heterocycles. The molecule has 0 aromatic carbocycles. The molecule has 0 spiro atoms. The summed E-state index contributed by atoms with van der Waals surface area (Å²) < 4.78 is 0. The van der Waals surface area contributed by atoms with E-state index in [2.05, 4.69) is 11.5 Å². The van der Waals surface area contributed by atoms with Crippen LogP contribution in [0.5, 0.6) is 0 Å². The number of carbonyl (C=O) groups is 3. The molecule has 0 aliphatic carbocycles. The van der Waals surface area contributed by atoms with Crippen LogP contribution < -0.4 is 46.1 Å². The first-order valence-electron chi connectivity index (χ1n) is 3.28. The Labute approximate surface area is 102 Å². The molecule has 2 amide bonds. The number of carboxylic acid groups (broad SMARTS) is 1. The average Bonchev–Trinajstić information content (AvgIpc) is 1.82. The summed E-state index contributed by atoms with van der Waals surface area (Å²) in [5, 5.41) is 19.3. The van der Waals surface area contributed by atoms with Crippen LogP contribution in [0.3, 0.4) is 0 Å². The van der Waals surface area contributed by atoms with Gasteiger partial charge in [-0.05, 0) is 0 Å². The number of nitrogens with two attached hydrogens (primary N) is 2. The fraction of sp³-hybridized carbons (Fsp3) is 0.500. The molecule has 74 valence electrons. The van der Waals surface area contributed by atoms with E-state index in [9.17, 15) is 24.6 Å². The summed E-state index contributed by atoms with van der Waals surface area (Å²) in [6.07, 6.45) is -1.89. The van der Waals surface area contributed by atoms with Gasteiger partial charge in [0.15, 0.2) is 5.60 Å². The van der Waals surface area contributed by atoms with Crippen molar-refractivity contribution in [2.75, 3.05) is 0 Å². The Morgan fingerprint density at radius 3 is 1.86 bits per heavy atom. The molecule has 0 saturated carbocycles. The summed E-state index contributed by atoms with van der Waals surface area (Å²) in [6.45, 7) is 0. The van der Waals surface area contributed by atoms with E-state index >= 15 is 0 Å². The molecule has 0 aromatic heterocycles. The quantitative estimate of drug-likeness (QED) is 0.387. The SMILES string of the molecule is NC(=O)CC(O)(CC(=O)[O-])C(N)=O.[Na+]. The third-order valence-electron chi connectivity index (χ3n) is 1.36. The normalized spacial score (nSPS) is 13.5. The zero-order valence-electron chi connectivity index (χ0n) is 7.65. The van der Waals surface area contributed by atoms with E-state index in [1.165, 1.54) is 0 Å². The fourth-order valence-electron chi connectivity index (χ4n) is 0.764. The first kappa shape index (κ1) is 15.8. The first-order valence-corrected chi connectivity index (χ1v) is 3.28. The van der Waals surface area contributed by atoms with Crippen LogP contribution in [-0.4, -0.2) is 28.5 Å². The van der Waals surface area contributed by atoms with Crippen LogP contribution in [0.4, 0.5) is 0 Å². The number of primary amides is 2. The van der Waals surface area contributed by atoms with Crippen LogP contribution in [0.2, 0.25) is 0 Å². The first-order chi connectivity index (χ1) is 5.78. The Bertz CT molecular complexity index is 239. The number of hydrogen-bond donors (Lipinski definition) is 3. The summed E-state index contributed by atoms with van der Waals surface area (Å²) in [4.78, 5) is 31.0. The number of aliphatic hydroxyl groups is 1. The molecule has 0 bridgehead atoms. The number of carbonyl (C=O) groups excluding carboxylic acids is 3. The van der Waals surface area contributed by atoms with Gasteiger partial charge in [0.1, 0.15) is 0 Å². The topological polar surface area (TPSA) is 147 Å². The Hall–Kier alpha value is -0.630. The molecular formula is C6H9N2NaO5. The number of rotatable bonds is 5. The number of aliphatic carboxylic acids is 1. The van der Waals surface area contributed by atoms with Gasteiger partial charge in [-0.15, -0.1) is 0 Å². The molecule has 14 heavy (non-hydrogen) atoms. The van der Waals surface area contributed by atoms with Gasteiger partial charge in [-0.25, -0.2) is 0 Å². The smallest absolute Gasteiger partial charge is 0.550 e. The van der Waals surface area contributed by atoms with Crippen molar-refractivity contribution >= 4 is 17.8 Å². The van der Waals surface area contributed by atoms with Gasteiger partial charge in [-0.1, -0.05) is 0 Å². The molecule has 8 heteroatoms. The van der Waals surface area contributed by atoms with Gasteiger partial charge in [0.2, 0.25) is 11.8 Å². The van der Waals surface area contributed by atoms with Gasteiger partial charge in [0.25, 0.3) is 0 Å². The molecule has 7 nitrogen and oxygen atoms in total. The van der Waals surface area contributed by atoms with Gasteiger partial charge in [-0.2, -0.15) is 0 Å². The van der Waals surface area contributed by atoms with E-state index in [1.807, 2.05) is 0 Å². The summed E-state index contributed by atoms with van der Waals surface area (Å²) in [5.74, 6) is -4.04. The van der Waals surface area contributed by atoms with Gasteiger partial charge < -0.3 is 26.5 Å². The minimum atomic E-state index is -2.45. The minimum Gasteiger partial charge on any atom is -0.550 e. The predicted octanol–water partition coefficient (Wildman–Crippen LogP) is -6.78. The second kappa shape index (κ2) is 5.97. The molecule has 0 fully saturated rings. The zero-order chi connectivity index (χ0) is 10.6. The molecule has 0 aliphatic rings. The Kier molecular flexibility index (Phi) is 6.75. The summed E-state index contributed by atoms with van der Waals surface area (Å²) in [7, 11) is 0. The molecule has 1 atom stereocenters. The number of hydrogen-bond acceptors (Lipinski definition) is 5. The maximum atomic E-state index is 10.6. The van der Waals surface area contributed by atoms with Crippen molar-refractivity contribution in [2.45, 2.75) is 18.4 Å². The van der Waals surface area contributed by atoms with Crippen LogP contribution in [0.15, 0.2) is 0 Å². The molecule has 0 heterocycles. The van der Waals surface area contributed by atoms with E-state index in [0.29, 0.717) is 0 Å². The van der Waals surface area contributed by atoms with Crippen molar-refractivity contribution in [1.82, 2.24) is 0 Å². The van der Waals surface area contributed by atoms with Crippen LogP contribution in [0.1, 0.15) is 12.8 Å². The third kappa shape index (κ3) is 5.18. The maximum absolute atomic E-state index is 10.6. The minimum absolute atomic E-state index is 0. The molecule has 0 aromatic rings. The molecule has 0 aliphatic heterocycles. The zero-order valence-corrected chi connectivity index (χ0v) is 9.65. The van der Waals surface area contributed by atoms with Crippen molar-refractivity contribution in [1.29, 1.82) is 0 Å².